The molecule has 0 aliphatic rings. The molecule has 0 aromatic carbocycles. The van der Waals surface area contributed by atoms with Crippen LogP contribution in [0.3, 0.4) is 0 Å². The Morgan fingerprint density at radius 3 is 1.24 bits per heavy atom. The van der Waals surface area contributed by atoms with Crippen molar-refractivity contribution >= 4 is 29.8 Å². The Kier molecular flexibility index (Phi) is 5.43. The number of anilines is 3. The van der Waals surface area contributed by atoms with Gasteiger partial charge in [-0.3, -0.25) is 0 Å². The summed E-state index contributed by atoms with van der Waals surface area (Å²) in [5.74, 6) is -2.39. The number of rotatable bonds is 2. The Bertz CT molecular complexity index is 380. The molecular formula is C7H10N6O4. The number of aromatic nitrogens is 3. The Morgan fingerprint density at radius 1 is 0.824 bits per heavy atom. The van der Waals surface area contributed by atoms with Crippen LogP contribution in [0.1, 0.15) is 0 Å². The predicted octanol–water partition coefficient (Wildman–Crippen LogP) is -1.67. The number of aliphatic carboxylic acids is 2. The molecule has 0 spiro atoms. The van der Waals surface area contributed by atoms with Crippen LogP contribution in [-0.2, 0) is 9.59 Å². The minimum absolute atomic E-state index is 0.0417. The van der Waals surface area contributed by atoms with E-state index in [4.69, 9.17) is 27.4 Å². The normalized spacial score (nSPS) is 9.41. The first kappa shape index (κ1) is 14.1. The van der Waals surface area contributed by atoms with Crippen molar-refractivity contribution in [1.82, 2.24) is 15.0 Å². The second-order valence-corrected chi connectivity index (χ2v) is 2.42. The van der Waals surface area contributed by atoms with Crippen molar-refractivity contribution in [3.8, 4) is 0 Å². The Morgan fingerprint density at radius 2 is 1.06 bits per heavy atom. The van der Waals surface area contributed by atoms with Crippen LogP contribution in [0, 0.1) is 0 Å². The second-order valence-electron chi connectivity index (χ2n) is 2.42. The third kappa shape index (κ3) is 8.11. The number of carboxylic acid groups (broad SMARTS) is 2. The molecule has 10 heteroatoms. The molecule has 17 heavy (non-hydrogen) atoms. The maximum absolute atomic E-state index is 9.55. The van der Waals surface area contributed by atoms with Crippen molar-refractivity contribution in [2.45, 2.75) is 0 Å². The van der Waals surface area contributed by atoms with E-state index in [1.807, 2.05) is 0 Å². The summed E-state index contributed by atoms with van der Waals surface area (Å²) < 4.78 is 0. The lowest BCUT2D eigenvalue weighted by molar-refractivity contribution is -0.134. The van der Waals surface area contributed by atoms with Crippen LogP contribution < -0.4 is 17.2 Å². The lowest BCUT2D eigenvalue weighted by atomic mass is 10.5. The lowest BCUT2D eigenvalue weighted by Gasteiger charge is -1.93. The highest BCUT2D eigenvalue weighted by molar-refractivity contribution is 5.89. The van der Waals surface area contributed by atoms with Crippen LogP contribution >= 0.6 is 0 Å². The van der Waals surface area contributed by atoms with Crippen molar-refractivity contribution in [3.05, 3.63) is 12.2 Å². The first-order valence-corrected chi connectivity index (χ1v) is 3.97. The quantitative estimate of drug-likeness (QED) is 0.374. The summed E-state index contributed by atoms with van der Waals surface area (Å²) in [6.07, 6.45) is 1.12. The van der Waals surface area contributed by atoms with Gasteiger partial charge in [-0.15, -0.1) is 0 Å². The summed E-state index contributed by atoms with van der Waals surface area (Å²) in [7, 11) is 0. The van der Waals surface area contributed by atoms with Crippen LogP contribution in [0.25, 0.3) is 0 Å². The lowest BCUT2D eigenvalue weighted by Crippen LogP contribution is -2.05. The molecule has 0 aliphatic carbocycles. The minimum Gasteiger partial charge on any atom is -0.478 e. The highest BCUT2D eigenvalue weighted by Crippen LogP contribution is 1.97. The van der Waals surface area contributed by atoms with Crippen LogP contribution in [-0.4, -0.2) is 37.1 Å². The summed E-state index contributed by atoms with van der Waals surface area (Å²) in [4.78, 5) is 29.6. The molecule has 1 heterocycles. The molecule has 0 saturated carbocycles. The maximum Gasteiger partial charge on any atom is 0.328 e. The third-order valence-electron chi connectivity index (χ3n) is 1.06. The molecule has 0 saturated heterocycles. The standard InChI is InChI=1S/C4H4O4.C3H6N6/c5-3(6)1-2-4(7)8;4-1-7-2(5)9-3(6)8-1/h1-2H,(H,5,6)(H,7,8);(H6,4,5,6,7,8,9)/b2-1-;. The van der Waals surface area contributed by atoms with E-state index >= 15 is 0 Å². The van der Waals surface area contributed by atoms with E-state index in [2.05, 4.69) is 15.0 Å². The zero-order valence-corrected chi connectivity index (χ0v) is 8.44. The predicted molar refractivity (Wildman–Crippen MR) is 57.5 cm³/mol. The summed E-state index contributed by atoms with van der Waals surface area (Å²) >= 11 is 0. The molecule has 1 aromatic rings. The van der Waals surface area contributed by atoms with E-state index in [0.717, 1.165) is 0 Å². The van der Waals surface area contributed by atoms with Gasteiger partial charge in [-0.2, -0.15) is 15.0 Å². The number of nitrogen functional groups attached to an aromatic ring is 3. The van der Waals surface area contributed by atoms with E-state index in [0.29, 0.717) is 12.2 Å². The van der Waals surface area contributed by atoms with Gasteiger partial charge in [0.05, 0.1) is 0 Å². The van der Waals surface area contributed by atoms with Crippen molar-refractivity contribution in [2.24, 2.45) is 0 Å². The van der Waals surface area contributed by atoms with Gasteiger partial charge < -0.3 is 27.4 Å². The monoisotopic (exact) mass is 242 g/mol. The third-order valence-corrected chi connectivity index (χ3v) is 1.06. The van der Waals surface area contributed by atoms with Crippen LogP contribution in [0.2, 0.25) is 0 Å². The van der Waals surface area contributed by atoms with Crippen LogP contribution in [0.5, 0.6) is 0 Å². The number of nitrogens with zero attached hydrogens (tertiary/aromatic N) is 3. The zero-order valence-electron chi connectivity index (χ0n) is 8.44. The molecule has 0 bridgehead atoms. The molecule has 0 unspecified atom stereocenters. The Labute approximate surface area is 94.8 Å². The van der Waals surface area contributed by atoms with Gasteiger partial charge in [0.1, 0.15) is 0 Å². The second kappa shape index (κ2) is 6.55. The number of carboxylic acids is 2. The number of nitrogens with two attached hydrogens (primary N) is 3. The van der Waals surface area contributed by atoms with Crippen LogP contribution in [0.4, 0.5) is 17.8 Å². The summed E-state index contributed by atoms with van der Waals surface area (Å²) in [5.41, 5.74) is 15.4. The fourth-order valence-electron chi connectivity index (χ4n) is 0.570. The Hall–Kier alpha value is -2.91. The van der Waals surface area contributed by atoms with Crippen LogP contribution in [0.15, 0.2) is 12.2 Å². The molecule has 92 valence electrons. The topological polar surface area (TPSA) is 191 Å². The van der Waals surface area contributed by atoms with Gasteiger partial charge in [-0.05, 0) is 0 Å². The first-order valence-electron chi connectivity index (χ1n) is 3.97. The van der Waals surface area contributed by atoms with Gasteiger partial charge in [-0.25, -0.2) is 9.59 Å². The average molecular weight is 242 g/mol. The Balaban J connectivity index is 0.000000304. The molecule has 0 amide bonds. The van der Waals surface area contributed by atoms with Gasteiger partial charge in [-0.1, -0.05) is 0 Å². The van der Waals surface area contributed by atoms with Crippen molar-refractivity contribution in [3.63, 3.8) is 0 Å². The minimum atomic E-state index is -1.26. The first-order chi connectivity index (χ1) is 7.81. The molecule has 0 aliphatic heterocycles. The van der Waals surface area contributed by atoms with E-state index in [-0.39, 0.29) is 17.8 Å². The molecular weight excluding hydrogens is 232 g/mol. The molecule has 1 rings (SSSR count). The highest BCUT2D eigenvalue weighted by atomic mass is 16.4. The van der Waals surface area contributed by atoms with E-state index in [9.17, 15) is 9.59 Å². The SMILES string of the molecule is Nc1nc(N)nc(N)n1.O=C(O)/C=C\C(=O)O. The van der Waals surface area contributed by atoms with Crippen molar-refractivity contribution < 1.29 is 19.8 Å². The van der Waals surface area contributed by atoms with Gasteiger partial charge in [0.25, 0.3) is 0 Å². The van der Waals surface area contributed by atoms with Gasteiger partial charge in [0.15, 0.2) is 0 Å². The molecule has 0 fully saturated rings. The number of carbonyl (C=O) groups is 2. The molecule has 10 nitrogen and oxygen atoms in total. The molecule has 1 aromatic heterocycles. The highest BCUT2D eigenvalue weighted by Gasteiger charge is 1.93. The van der Waals surface area contributed by atoms with Crippen molar-refractivity contribution in [1.29, 1.82) is 0 Å². The van der Waals surface area contributed by atoms with Gasteiger partial charge in [0.2, 0.25) is 17.8 Å². The largest absolute Gasteiger partial charge is 0.478 e. The van der Waals surface area contributed by atoms with E-state index in [1.54, 1.807) is 0 Å². The van der Waals surface area contributed by atoms with Crippen molar-refractivity contribution in [2.75, 3.05) is 17.2 Å². The van der Waals surface area contributed by atoms with E-state index < -0.39 is 11.9 Å². The fourth-order valence-corrected chi connectivity index (χ4v) is 0.570. The van der Waals surface area contributed by atoms with E-state index in [1.165, 1.54) is 0 Å². The fraction of sp³-hybridized carbons (Fsp3) is 0. The molecule has 0 radical (unpaired) electrons. The zero-order chi connectivity index (χ0) is 13.4. The number of hydrogen-bond donors (Lipinski definition) is 5. The summed E-state index contributed by atoms with van der Waals surface area (Å²) in [5, 5.41) is 15.6. The summed E-state index contributed by atoms with van der Waals surface area (Å²) in [6.45, 7) is 0. The molecule has 0 atom stereocenters. The van der Waals surface area contributed by atoms with Gasteiger partial charge >= 0.3 is 11.9 Å². The summed E-state index contributed by atoms with van der Waals surface area (Å²) in [6, 6.07) is 0. The number of hydrogen-bond acceptors (Lipinski definition) is 8. The van der Waals surface area contributed by atoms with Gasteiger partial charge in [0, 0.05) is 12.2 Å². The molecule has 8 N–H and O–H groups in total. The maximum atomic E-state index is 9.55. The average Bonchev–Trinajstić information content (AvgIpc) is 2.13. The smallest absolute Gasteiger partial charge is 0.328 e.